The van der Waals surface area contributed by atoms with Gasteiger partial charge >= 0.3 is 0 Å². The average molecular weight is 243 g/mol. The summed E-state index contributed by atoms with van der Waals surface area (Å²) in [5.74, 6) is -1.29. The minimum absolute atomic E-state index is 0.204. The molecular weight excluding hydrogens is 234 g/mol. The third kappa shape index (κ3) is 1.69. The molecule has 0 unspecified atom stereocenters. The van der Waals surface area contributed by atoms with E-state index < -0.39 is 11.6 Å². The van der Waals surface area contributed by atoms with E-state index in [1.807, 2.05) is 0 Å². The summed E-state index contributed by atoms with van der Waals surface area (Å²) in [4.78, 5) is 0. The number of rotatable bonds is 1. The van der Waals surface area contributed by atoms with Gasteiger partial charge in [-0.2, -0.15) is 5.10 Å². The van der Waals surface area contributed by atoms with E-state index in [-0.39, 0.29) is 5.56 Å². The van der Waals surface area contributed by atoms with Crippen molar-refractivity contribution in [3.63, 3.8) is 0 Å². The number of benzene rings is 1. The summed E-state index contributed by atoms with van der Waals surface area (Å²) in [5.41, 5.74) is 1.27. The first-order chi connectivity index (χ1) is 7.50. The van der Waals surface area contributed by atoms with E-state index in [1.54, 1.807) is 18.7 Å². The van der Waals surface area contributed by atoms with Crippen molar-refractivity contribution >= 4 is 11.6 Å². The number of aromatic nitrogens is 2. The molecule has 0 saturated carbocycles. The molecule has 0 aliphatic carbocycles. The van der Waals surface area contributed by atoms with Crippen LogP contribution in [-0.4, -0.2) is 9.78 Å². The highest BCUT2D eigenvalue weighted by atomic mass is 35.5. The Kier molecular flexibility index (Phi) is 2.68. The normalized spacial score (nSPS) is 10.8. The highest BCUT2D eigenvalue weighted by molar-refractivity contribution is 6.33. The van der Waals surface area contributed by atoms with Crippen molar-refractivity contribution in [2.75, 3.05) is 0 Å². The van der Waals surface area contributed by atoms with Gasteiger partial charge in [-0.05, 0) is 19.1 Å². The Bertz CT molecular complexity index is 549. The second-order valence-electron chi connectivity index (χ2n) is 3.50. The minimum Gasteiger partial charge on any atom is -0.271 e. The Balaban J connectivity index is 2.63. The lowest BCUT2D eigenvalue weighted by molar-refractivity contribution is 0.585. The van der Waals surface area contributed by atoms with Crippen molar-refractivity contribution in [2.45, 2.75) is 6.92 Å². The van der Waals surface area contributed by atoms with Gasteiger partial charge in [0.1, 0.15) is 17.3 Å². The maximum atomic E-state index is 13.5. The van der Waals surface area contributed by atoms with Crippen LogP contribution in [0.25, 0.3) is 11.3 Å². The molecule has 0 atom stereocenters. The van der Waals surface area contributed by atoms with Gasteiger partial charge in [-0.15, -0.1) is 0 Å². The van der Waals surface area contributed by atoms with Crippen LogP contribution in [0.15, 0.2) is 18.2 Å². The van der Waals surface area contributed by atoms with Crippen LogP contribution in [0.2, 0.25) is 5.02 Å². The third-order valence-electron chi connectivity index (χ3n) is 2.45. The molecule has 0 bridgehead atoms. The fraction of sp³-hybridized carbons (Fsp3) is 0.182. The van der Waals surface area contributed by atoms with Crippen LogP contribution < -0.4 is 0 Å². The van der Waals surface area contributed by atoms with Crippen LogP contribution >= 0.6 is 11.6 Å². The van der Waals surface area contributed by atoms with Crippen LogP contribution in [0.1, 0.15) is 5.69 Å². The van der Waals surface area contributed by atoms with Gasteiger partial charge in [0.05, 0.1) is 10.7 Å². The lowest BCUT2D eigenvalue weighted by Crippen LogP contribution is -1.93. The summed E-state index contributed by atoms with van der Waals surface area (Å²) in [6, 6.07) is 3.33. The molecule has 1 aromatic heterocycles. The van der Waals surface area contributed by atoms with Gasteiger partial charge in [-0.3, -0.25) is 4.68 Å². The fourth-order valence-corrected chi connectivity index (χ4v) is 1.70. The van der Waals surface area contributed by atoms with E-state index in [4.69, 9.17) is 11.6 Å². The highest BCUT2D eigenvalue weighted by Gasteiger charge is 2.16. The van der Waals surface area contributed by atoms with E-state index in [1.165, 1.54) is 12.1 Å². The SMILES string of the molecule is Cc1c(Cl)c(-c2ccc(F)cc2F)nn1C. The van der Waals surface area contributed by atoms with Crippen molar-refractivity contribution in [2.24, 2.45) is 7.05 Å². The first-order valence-electron chi connectivity index (χ1n) is 4.65. The molecule has 1 aromatic carbocycles. The molecule has 0 radical (unpaired) electrons. The van der Waals surface area contributed by atoms with Crippen molar-refractivity contribution in [1.82, 2.24) is 9.78 Å². The first kappa shape index (κ1) is 11.1. The maximum Gasteiger partial charge on any atom is 0.135 e. The second kappa shape index (κ2) is 3.87. The van der Waals surface area contributed by atoms with Crippen molar-refractivity contribution in [3.05, 3.63) is 40.6 Å². The summed E-state index contributed by atoms with van der Waals surface area (Å²) in [7, 11) is 1.71. The van der Waals surface area contributed by atoms with E-state index in [2.05, 4.69) is 5.10 Å². The topological polar surface area (TPSA) is 17.8 Å². The maximum absolute atomic E-state index is 13.5. The molecular formula is C11H9ClF2N2. The van der Waals surface area contributed by atoms with Crippen LogP contribution in [0.4, 0.5) is 8.78 Å². The van der Waals surface area contributed by atoms with Crippen molar-refractivity contribution in [1.29, 1.82) is 0 Å². The molecule has 0 aliphatic heterocycles. The summed E-state index contributed by atoms with van der Waals surface area (Å²) < 4.78 is 27.8. The molecule has 0 fully saturated rings. The molecule has 2 rings (SSSR count). The molecule has 1 heterocycles. The lowest BCUT2D eigenvalue weighted by atomic mass is 10.1. The lowest BCUT2D eigenvalue weighted by Gasteiger charge is -1.99. The fourth-order valence-electron chi connectivity index (χ4n) is 1.44. The molecule has 0 aliphatic rings. The molecule has 0 spiro atoms. The summed E-state index contributed by atoms with van der Waals surface area (Å²) in [6.45, 7) is 1.78. The van der Waals surface area contributed by atoms with Crippen LogP contribution in [0, 0.1) is 18.6 Å². The number of hydrogen-bond acceptors (Lipinski definition) is 1. The molecule has 2 nitrogen and oxygen atoms in total. The molecule has 0 saturated heterocycles. The van der Waals surface area contributed by atoms with Crippen molar-refractivity contribution in [3.8, 4) is 11.3 Å². The summed E-state index contributed by atoms with van der Waals surface area (Å²) >= 11 is 6.02. The van der Waals surface area contributed by atoms with Gasteiger partial charge in [0.25, 0.3) is 0 Å². The van der Waals surface area contributed by atoms with Gasteiger partial charge in [-0.1, -0.05) is 11.6 Å². The molecule has 0 N–H and O–H groups in total. The molecule has 16 heavy (non-hydrogen) atoms. The predicted molar refractivity (Wildman–Crippen MR) is 58.3 cm³/mol. The number of hydrogen-bond donors (Lipinski definition) is 0. The largest absolute Gasteiger partial charge is 0.271 e. The number of aryl methyl sites for hydroxylation is 1. The predicted octanol–water partition coefficient (Wildman–Crippen LogP) is 3.33. The van der Waals surface area contributed by atoms with Gasteiger partial charge in [0, 0.05) is 18.7 Å². The molecule has 0 amide bonds. The van der Waals surface area contributed by atoms with E-state index in [0.717, 1.165) is 11.8 Å². The Morgan fingerprint density at radius 1 is 1.31 bits per heavy atom. The number of nitrogens with zero attached hydrogens (tertiary/aromatic N) is 2. The molecule has 2 aromatic rings. The Morgan fingerprint density at radius 3 is 2.50 bits per heavy atom. The van der Waals surface area contributed by atoms with Crippen LogP contribution in [0.3, 0.4) is 0 Å². The minimum atomic E-state index is -0.667. The zero-order valence-corrected chi connectivity index (χ0v) is 9.52. The van der Waals surface area contributed by atoms with Gasteiger partial charge < -0.3 is 0 Å². The standard InChI is InChI=1S/C11H9ClF2N2/c1-6-10(12)11(15-16(6)2)8-4-3-7(13)5-9(8)14/h3-5H,1-2H3. The number of halogens is 3. The summed E-state index contributed by atoms with van der Waals surface area (Å²) in [6.07, 6.45) is 0. The van der Waals surface area contributed by atoms with Crippen LogP contribution in [0.5, 0.6) is 0 Å². The highest BCUT2D eigenvalue weighted by Crippen LogP contribution is 2.31. The smallest absolute Gasteiger partial charge is 0.135 e. The van der Waals surface area contributed by atoms with E-state index in [0.29, 0.717) is 10.7 Å². The Hall–Kier alpha value is -1.42. The second-order valence-corrected chi connectivity index (χ2v) is 3.87. The Morgan fingerprint density at radius 2 is 2.00 bits per heavy atom. The monoisotopic (exact) mass is 242 g/mol. The summed E-state index contributed by atoms with van der Waals surface area (Å²) in [5, 5.41) is 4.48. The van der Waals surface area contributed by atoms with E-state index in [9.17, 15) is 8.78 Å². The first-order valence-corrected chi connectivity index (χ1v) is 5.03. The van der Waals surface area contributed by atoms with Gasteiger partial charge in [0.15, 0.2) is 0 Å². The molecule has 84 valence electrons. The van der Waals surface area contributed by atoms with E-state index >= 15 is 0 Å². The third-order valence-corrected chi connectivity index (χ3v) is 2.90. The Labute approximate surface area is 96.5 Å². The zero-order chi connectivity index (χ0) is 11.9. The van der Waals surface area contributed by atoms with Crippen molar-refractivity contribution < 1.29 is 8.78 Å². The van der Waals surface area contributed by atoms with Gasteiger partial charge in [0.2, 0.25) is 0 Å². The average Bonchev–Trinajstić information content (AvgIpc) is 2.46. The zero-order valence-electron chi connectivity index (χ0n) is 8.76. The quantitative estimate of drug-likeness (QED) is 0.750. The van der Waals surface area contributed by atoms with Crippen LogP contribution in [-0.2, 0) is 7.05 Å². The van der Waals surface area contributed by atoms with Gasteiger partial charge in [-0.25, -0.2) is 8.78 Å². The molecule has 5 heteroatoms.